The standard InChI is InChI=1S/C14H14ClNO3/c1-8(17)9(2)19-14(18)13-12(15)10-6-4-5-7-11(10)16(13)3/h4-7,9H,1-3H3. The van der Waals surface area contributed by atoms with Crippen LogP contribution in [0.1, 0.15) is 24.3 Å². The van der Waals surface area contributed by atoms with Crippen LogP contribution in [0.4, 0.5) is 0 Å². The third-order valence-electron chi connectivity index (χ3n) is 3.09. The van der Waals surface area contributed by atoms with Gasteiger partial charge in [0.1, 0.15) is 5.69 Å². The fraction of sp³-hybridized carbons (Fsp3) is 0.286. The molecule has 2 rings (SSSR count). The van der Waals surface area contributed by atoms with E-state index in [0.29, 0.717) is 5.02 Å². The molecule has 1 aromatic heterocycles. The molecule has 0 aliphatic carbocycles. The number of para-hydroxylation sites is 1. The molecule has 19 heavy (non-hydrogen) atoms. The summed E-state index contributed by atoms with van der Waals surface area (Å²) in [7, 11) is 1.74. The van der Waals surface area contributed by atoms with Gasteiger partial charge >= 0.3 is 5.97 Å². The Hall–Kier alpha value is -1.81. The molecule has 1 unspecified atom stereocenters. The van der Waals surface area contributed by atoms with Gasteiger partial charge in [-0.3, -0.25) is 4.79 Å². The van der Waals surface area contributed by atoms with Crippen molar-refractivity contribution in [2.45, 2.75) is 20.0 Å². The first kappa shape index (κ1) is 13.6. The Balaban J connectivity index is 2.45. The molecule has 100 valence electrons. The van der Waals surface area contributed by atoms with Crippen molar-refractivity contribution < 1.29 is 14.3 Å². The molecule has 0 aliphatic rings. The van der Waals surface area contributed by atoms with Gasteiger partial charge < -0.3 is 9.30 Å². The number of nitrogens with zero attached hydrogens (tertiary/aromatic N) is 1. The summed E-state index contributed by atoms with van der Waals surface area (Å²) in [4.78, 5) is 23.2. The van der Waals surface area contributed by atoms with Gasteiger partial charge in [-0.2, -0.15) is 0 Å². The van der Waals surface area contributed by atoms with Crippen LogP contribution in [0.5, 0.6) is 0 Å². The van der Waals surface area contributed by atoms with E-state index in [1.165, 1.54) is 13.8 Å². The molecule has 2 aromatic rings. The summed E-state index contributed by atoms with van der Waals surface area (Å²) < 4.78 is 6.77. The van der Waals surface area contributed by atoms with Gasteiger partial charge in [0.15, 0.2) is 11.9 Å². The second kappa shape index (κ2) is 5.05. The number of hydrogen-bond donors (Lipinski definition) is 0. The third kappa shape index (κ3) is 2.36. The number of carbonyl (C=O) groups is 2. The Morgan fingerprint density at radius 2 is 1.95 bits per heavy atom. The first-order valence-electron chi connectivity index (χ1n) is 5.87. The van der Waals surface area contributed by atoms with E-state index in [-0.39, 0.29) is 11.5 Å². The lowest BCUT2D eigenvalue weighted by molar-refractivity contribution is -0.124. The Morgan fingerprint density at radius 3 is 2.53 bits per heavy atom. The predicted molar refractivity (Wildman–Crippen MR) is 73.5 cm³/mol. The number of hydrogen-bond acceptors (Lipinski definition) is 3. The first-order chi connectivity index (χ1) is 8.93. The highest BCUT2D eigenvalue weighted by Crippen LogP contribution is 2.30. The molecule has 1 atom stereocenters. The maximum absolute atomic E-state index is 12.1. The Bertz CT molecular complexity index is 621. The van der Waals surface area contributed by atoms with Crippen LogP contribution in [0, 0.1) is 0 Å². The van der Waals surface area contributed by atoms with E-state index < -0.39 is 12.1 Å². The van der Waals surface area contributed by atoms with Gasteiger partial charge in [0, 0.05) is 18.0 Å². The number of Topliss-reactive ketones (excluding diaryl/α,β-unsaturated/α-hetero) is 1. The summed E-state index contributed by atoms with van der Waals surface area (Å²) in [5.41, 5.74) is 1.10. The average Bonchev–Trinajstić information content (AvgIpc) is 2.62. The molecule has 0 N–H and O–H groups in total. The van der Waals surface area contributed by atoms with Crippen molar-refractivity contribution in [2.75, 3.05) is 0 Å². The van der Waals surface area contributed by atoms with Gasteiger partial charge in [-0.15, -0.1) is 0 Å². The molecule has 5 heteroatoms. The second-order valence-corrected chi connectivity index (χ2v) is 4.77. The summed E-state index contributed by atoms with van der Waals surface area (Å²) in [6.45, 7) is 2.91. The number of aromatic nitrogens is 1. The van der Waals surface area contributed by atoms with Crippen LogP contribution in [0.3, 0.4) is 0 Å². The number of aryl methyl sites for hydroxylation is 1. The number of ether oxygens (including phenoxy) is 1. The van der Waals surface area contributed by atoms with E-state index in [9.17, 15) is 9.59 Å². The summed E-state index contributed by atoms with van der Waals surface area (Å²) in [6.07, 6.45) is -0.776. The molecule has 0 amide bonds. The van der Waals surface area contributed by atoms with Gasteiger partial charge in [0.05, 0.1) is 5.02 Å². The zero-order chi connectivity index (χ0) is 14.2. The molecule has 0 aliphatic heterocycles. The smallest absolute Gasteiger partial charge is 0.357 e. The van der Waals surface area contributed by atoms with Crippen LogP contribution >= 0.6 is 11.6 Å². The van der Waals surface area contributed by atoms with Crippen molar-refractivity contribution >= 4 is 34.3 Å². The molecule has 1 aromatic carbocycles. The summed E-state index contributed by atoms with van der Waals surface area (Å²) in [6, 6.07) is 7.42. The molecule has 0 saturated heterocycles. The van der Waals surface area contributed by atoms with Gasteiger partial charge in [-0.05, 0) is 19.9 Å². The molecule has 1 heterocycles. The van der Waals surface area contributed by atoms with Gasteiger partial charge in [-0.1, -0.05) is 29.8 Å². The van der Waals surface area contributed by atoms with Crippen LogP contribution < -0.4 is 0 Å². The highest BCUT2D eigenvalue weighted by Gasteiger charge is 2.23. The molecule has 0 bridgehead atoms. The van der Waals surface area contributed by atoms with Gasteiger partial charge in [0.2, 0.25) is 0 Å². The quantitative estimate of drug-likeness (QED) is 0.812. The normalized spacial score (nSPS) is 12.4. The monoisotopic (exact) mass is 279 g/mol. The van der Waals surface area contributed by atoms with Crippen LogP contribution in [-0.2, 0) is 16.6 Å². The minimum atomic E-state index is -0.776. The second-order valence-electron chi connectivity index (χ2n) is 4.40. The van der Waals surface area contributed by atoms with Crippen molar-refractivity contribution in [1.82, 2.24) is 4.57 Å². The predicted octanol–water partition coefficient (Wildman–Crippen LogP) is 2.97. The van der Waals surface area contributed by atoms with Gasteiger partial charge in [0.25, 0.3) is 0 Å². The molecule has 0 radical (unpaired) electrons. The van der Waals surface area contributed by atoms with E-state index in [2.05, 4.69) is 0 Å². The van der Waals surface area contributed by atoms with E-state index in [4.69, 9.17) is 16.3 Å². The van der Waals surface area contributed by atoms with Crippen molar-refractivity contribution in [2.24, 2.45) is 7.05 Å². The lowest BCUT2D eigenvalue weighted by Crippen LogP contribution is -2.23. The number of fused-ring (bicyclic) bond motifs is 1. The van der Waals surface area contributed by atoms with E-state index in [1.807, 2.05) is 24.3 Å². The highest BCUT2D eigenvalue weighted by molar-refractivity contribution is 6.38. The SMILES string of the molecule is CC(=O)C(C)OC(=O)c1c(Cl)c2ccccc2n1C. The lowest BCUT2D eigenvalue weighted by atomic mass is 10.2. The van der Waals surface area contributed by atoms with Crippen molar-refractivity contribution in [1.29, 1.82) is 0 Å². The summed E-state index contributed by atoms with van der Waals surface area (Å²) in [5.74, 6) is -0.797. The minimum Gasteiger partial charge on any atom is -0.450 e. The number of halogens is 1. The summed E-state index contributed by atoms with van der Waals surface area (Å²) in [5, 5.41) is 1.13. The topological polar surface area (TPSA) is 48.3 Å². The van der Waals surface area contributed by atoms with Crippen LogP contribution in [0.2, 0.25) is 5.02 Å². The van der Waals surface area contributed by atoms with E-state index >= 15 is 0 Å². The number of esters is 1. The fourth-order valence-electron chi connectivity index (χ4n) is 1.87. The number of benzene rings is 1. The summed E-state index contributed by atoms with van der Waals surface area (Å²) >= 11 is 6.21. The first-order valence-corrected chi connectivity index (χ1v) is 6.25. The maximum Gasteiger partial charge on any atom is 0.357 e. The highest BCUT2D eigenvalue weighted by atomic mass is 35.5. The van der Waals surface area contributed by atoms with Crippen molar-refractivity contribution in [3.8, 4) is 0 Å². The zero-order valence-electron chi connectivity index (χ0n) is 10.9. The Labute approximate surface area is 115 Å². The molecular formula is C14H14ClNO3. The molecular weight excluding hydrogens is 266 g/mol. The number of rotatable bonds is 3. The number of carbonyl (C=O) groups excluding carboxylic acids is 2. The minimum absolute atomic E-state index is 0.205. The third-order valence-corrected chi connectivity index (χ3v) is 3.48. The lowest BCUT2D eigenvalue weighted by Gasteiger charge is -2.10. The largest absolute Gasteiger partial charge is 0.450 e. The average molecular weight is 280 g/mol. The van der Waals surface area contributed by atoms with Gasteiger partial charge in [-0.25, -0.2) is 4.79 Å². The fourth-order valence-corrected chi connectivity index (χ4v) is 2.24. The zero-order valence-corrected chi connectivity index (χ0v) is 11.7. The van der Waals surface area contributed by atoms with E-state index in [1.54, 1.807) is 11.6 Å². The maximum atomic E-state index is 12.1. The van der Waals surface area contributed by atoms with Crippen LogP contribution in [-0.4, -0.2) is 22.4 Å². The molecule has 0 fully saturated rings. The molecule has 0 saturated carbocycles. The molecule has 4 nitrogen and oxygen atoms in total. The van der Waals surface area contributed by atoms with Crippen LogP contribution in [0.25, 0.3) is 10.9 Å². The Morgan fingerprint density at radius 1 is 1.32 bits per heavy atom. The number of ketones is 1. The van der Waals surface area contributed by atoms with Crippen molar-refractivity contribution in [3.05, 3.63) is 35.0 Å². The Kier molecular flexibility index (Phi) is 3.62. The van der Waals surface area contributed by atoms with E-state index in [0.717, 1.165) is 10.9 Å². The molecule has 0 spiro atoms. The van der Waals surface area contributed by atoms with Crippen LogP contribution in [0.15, 0.2) is 24.3 Å². The van der Waals surface area contributed by atoms with Crippen molar-refractivity contribution in [3.63, 3.8) is 0 Å².